The molecule has 1 aromatic heterocycles. The lowest BCUT2D eigenvalue weighted by molar-refractivity contribution is -0.121. The van der Waals surface area contributed by atoms with Crippen LogP contribution >= 0.6 is 0 Å². The second kappa shape index (κ2) is 8.03. The van der Waals surface area contributed by atoms with Crippen molar-refractivity contribution in [2.24, 2.45) is 7.05 Å². The summed E-state index contributed by atoms with van der Waals surface area (Å²) in [6.45, 7) is 4.49. The molecule has 0 spiro atoms. The summed E-state index contributed by atoms with van der Waals surface area (Å²) in [5.74, 6) is 0.660. The zero-order valence-corrected chi connectivity index (χ0v) is 15.7. The van der Waals surface area contributed by atoms with E-state index in [4.69, 9.17) is 4.74 Å². The Morgan fingerprint density at radius 1 is 1.15 bits per heavy atom. The zero-order valence-electron chi connectivity index (χ0n) is 15.7. The third-order valence-electron chi connectivity index (χ3n) is 4.43. The molecule has 6 heteroatoms. The number of carbonyl (C=O) groups is 1. The quantitative estimate of drug-likeness (QED) is 0.729. The SMILES string of the molecule is CCOc1ccc([C@H](C)NC(=O)Cc2nn(C)c(=O)c3ccccc23)cc1. The largest absolute Gasteiger partial charge is 0.494 e. The van der Waals surface area contributed by atoms with Gasteiger partial charge in [0.05, 0.1) is 30.1 Å². The number of hydrogen-bond donors (Lipinski definition) is 1. The third kappa shape index (κ3) is 4.16. The lowest BCUT2D eigenvalue weighted by atomic mass is 10.1. The summed E-state index contributed by atoms with van der Waals surface area (Å²) in [4.78, 5) is 24.7. The first-order chi connectivity index (χ1) is 13.0. The molecule has 1 atom stereocenters. The van der Waals surface area contributed by atoms with E-state index in [1.54, 1.807) is 13.1 Å². The van der Waals surface area contributed by atoms with Crippen molar-refractivity contribution in [3.63, 3.8) is 0 Å². The van der Waals surface area contributed by atoms with Gasteiger partial charge in [-0.1, -0.05) is 30.3 Å². The highest BCUT2D eigenvalue weighted by Crippen LogP contribution is 2.18. The Morgan fingerprint density at radius 2 is 1.81 bits per heavy atom. The Kier molecular flexibility index (Phi) is 5.54. The smallest absolute Gasteiger partial charge is 0.274 e. The molecule has 0 aliphatic heterocycles. The average Bonchev–Trinajstić information content (AvgIpc) is 2.66. The van der Waals surface area contributed by atoms with Crippen molar-refractivity contribution in [3.05, 3.63) is 70.1 Å². The zero-order chi connectivity index (χ0) is 19.4. The number of hydrogen-bond acceptors (Lipinski definition) is 4. The van der Waals surface area contributed by atoms with Crippen molar-refractivity contribution < 1.29 is 9.53 Å². The Labute approximate surface area is 157 Å². The molecule has 140 valence electrons. The predicted octanol–water partition coefficient (Wildman–Crippen LogP) is 2.75. The van der Waals surface area contributed by atoms with E-state index in [0.717, 1.165) is 11.3 Å². The molecule has 3 rings (SSSR count). The van der Waals surface area contributed by atoms with Gasteiger partial charge < -0.3 is 10.1 Å². The minimum Gasteiger partial charge on any atom is -0.494 e. The molecule has 1 amide bonds. The molecule has 0 radical (unpaired) electrons. The van der Waals surface area contributed by atoms with Crippen molar-refractivity contribution in [1.29, 1.82) is 0 Å². The Balaban J connectivity index is 1.75. The molecule has 0 aliphatic rings. The molecule has 1 heterocycles. The van der Waals surface area contributed by atoms with Gasteiger partial charge in [0.1, 0.15) is 5.75 Å². The van der Waals surface area contributed by atoms with Crippen LogP contribution in [0.25, 0.3) is 10.8 Å². The number of nitrogens with one attached hydrogen (secondary N) is 1. The van der Waals surface area contributed by atoms with Crippen LogP contribution in [-0.4, -0.2) is 22.3 Å². The molecule has 27 heavy (non-hydrogen) atoms. The summed E-state index contributed by atoms with van der Waals surface area (Å²) in [7, 11) is 1.60. The van der Waals surface area contributed by atoms with Crippen LogP contribution in [0.1, 0.15) is 31.1 Å². The van der Waals surface area contributed by atoms with E-state index >= 15 is 0 Å². The van der Waals surface area contributed by atoms with Crippen molar-refractivity contribution in [2.75, 3.05) is 6.61 Å². The van der Waals surface area contributed by atoms with Gasteiger partial charge in [-0.05, 0) is 37.6 Å². The Hall–Kier alpha value is -3.15. The van der Waals surface area contributed by atoms with E-state index in [9.17, 15) is 9.59 Å². The second-order valence-electron chi connectivity index (χ2n) is 6.39. The summed E-state index contributed by atoms with van der Waals surface area (Å²) < 4.78 is 6.72. The van der Waals surface area contributed by atoms with E-state index in [1.165, 1.54) is 4.68 Å². The molecule has 0 fully saturated rings. The summed E-state index contributed by atoms with van der Waals surface area (Å²) in [6, 6.07) is 14.7. The van der Waals surface area contributed by atoms with Gasteiger partial charge in [0.15, 0.2) is 0 Å². The molecule has 3 aromatic rings. The van der Waals surface area contributed by atoms with Gasteiger partial charge in [0.2, 0.25) is 5.91 Å². The first kappa shape index (κ1) is 18.6. The van der Waals surface area contributed by atoms with Crippen LogP contribution < -0.4 is 15.6 Å². The molecule has 0 saturated carbocycles. The monoisotopic (exact) mass is 365 g/mol. The number of nitrogens with zero attached hydrogens (tertiary/aromatic N) is 2. The van der Waals surface area contributed by atoms with Crippen molar-refractivity contribution in [3.8, 4) is 5.75 Å². The van der Waals surface area contributed by atoms with E-state index in [2.05, 4.69) is 10.4 Å². The predicted molar refractivity (Wildman–Crippen MR) is 105 cm³/mol. The van der Waals surface area contributed by atoms with E-state index in [-0.39, 0.29) is 23.9 Å². The summed E-state index contributed by atoms with van der Waals surface area (Å²) in [5.41, 5.74) is 1.41. The first-order valence-corrected chi connectivity index (χ1v) is 8.96. The first-order valence-electron chi connectivity index (χ1n) is 8.96. The van der Waals surface area contributed by atoms with Gasteiger partial charge >= 0.3 is 0 Å². The van der Waals surface area contributed by atoms with Gasteiger partial charge in [0, 0.05) is 12.4 Å². The summed E-state index contributed by atoms with van der Waals surface area (Å²) in [5, 5.41) is 8.55. The fourth-order valence-corrected chi connectivity index (χ4v) is 3.05. The Bertz CT molecular complexity index is 1010. The van der Waals surface area contributed by atoms with Crippen LogP contribution in [-0.2, 0) is 18.3 Å². The topological polar surface area (TPSA) is 73.2 Å². The number of ether oxygens (including phenoxy) is 1. The lowest BCUT2D eigenvalue weighted by Crippen LogP contribution is -2.30. The van der Waals surface area contributed by atoms with Gasteiger partial charge in [-0.2, -0.15) is 5.10 Å². The number of benzene rings is 2. The van der Waals surface area contributed by atoms with Crippen molar-refractivity contribution >= 4 is 16.7 Å². The third-order valence-corrected chi connectivity index (χ3v) is 4.43. The van der Waals surface area contributed by atoms with Crippen LogP contribution in [0.5, 0.6) is 5.75 Å². The number of fused-ring (bicyclic) bond motifs is 1. The highest BCUT2D eigenvalue weighted by molar-refractivity contribution is 5.88. The minimum atomic E-state index is -0.169. The van der Waals surface area contributed by atoms with Crippen LogP contribution in [0.3, 0.4) is 0 Å². The highest BCUT2D eigenvalue weighted by Gasteiger charge is 2.15. The average molecular weight is 365 g/mol. The molecule has 0 saturated heterocycles. The molecule has 0 aliphatic carbocycles. The van der Waals surface area contributed by atoms with Gasteiger partial charge in [0.25, 0.3) is 5.56 Å². The van der Waals surface area contributed by atoms with Gasteiger partial charge in [-0.25, -0.2) is 4.68 Å². The standard InChI is InChI=1S/C21H23N3O3/c1-4-27-16-11-9-15(10-12-16)14(2)22-20(25)13-19-17-7-5-6-8-18(17)21(26)24(3)23-19/h5-12,14H,4,13H2,1-3H3,(H,22,25)/t14-/m0/s1. The number of carbonyl (C=O) groups excluding carboxylic acids is 1. The maximum Gasteiger partial charge on any atom is 0.274 e. The minimum absolute atomic E-state index is 0.107. The maximum atomic E-state index is 12.5. The van der Waals surface area contributed by atoms with Crippen LogP contribution in [0.2, 0.25) is 0 Å². The molecular formula is C21H23N3O3. The normalized spacial score (nSPS) is 12.0. The molecule has 1 N–H and O–H groups in total. The van der Waals surface area contributed by atoms with E-state index in [0.29, 0.717) is 23.1 Å². The molecule has 0 unspecified atom stereocenters. The number of amides is 1. The summed E-state index contributed by atoms with van der Waals surface area (Å²) >= 11 is 0. The second-order valence-corrected chi connectivity index (χ2v) is 6.39. The highest BCUT2D eigenvalue weighted by atomic mass is 16.5. The van der Waals surface area contributed by atoms with Gasteiger partial charge in [-0.15, -0.1) is 0 Å². The van der Waals surface area contributed by atoms with Crippen LogP contribution in [0.15, 0.2) is 53.3 Å². The fourth-order valence-electron chi connectivity index (χ4n) is 3.05. The van der Waals surface area contributed by atoms with Crippen LogP contribution in [0, 0.1) is 0 Å². The van der Waals surface area contributed by atoms with Crippen LogP contribution in [0.4, 0.5) is 0 Å². The molecule has 2 aromatic carbocycles. The van der Waals surface area contributed by atoms with Crippen molar-refractivity contribution in [2.45, 2.75) is 26.3 Å². The van der Waals surface area contributed by atoms with Gasteiger partial charge in [-0.3, -0.25) is 9.59 Å². The van der Waals surface area contributed by atoms with E-state index < -0.39 is 0 Å². The molecule has 6 nitrogen and oxygen atoms in total. The number of rotatable bonds is 6. The fraction of sp³-hybridized carbons (Fsp3) is 0.286. The number of aryl methyl sites for hydroxylation is 1. The Morgan fingerprint density at radius 3 is 2.48 bits per heavy atom. The number of aromatic nitrogens is 2. The van der Waals surface area contributed by atoms with Crippen molar-refractivity contribution in [1.82, 2.24) is 15.1 Å². The maximum absolute atomic E-state index is 12.5. The molecule has 0 bridgehead atoms. The molecular weight excluding hydrogens is 342 g/mol. The lowest BCUT2D eigenvalue weighted by Gasteiger charge is -2.15. The van der Waals surface area contributed by atoms with E-state index in [1.807, 2.05) is 56.3 Å². The summed E-state index contributed by atoms with van der Waals surface area (Å²) in [6.07, 6.45) is 0.107.